The summed E-state index contributed by atoms with van der Waals surface area (Å²) in [7, 11) is 0. The Kier molecular flexibility index (Phi) is 3.47. The fourth-order valence-electron chi connectivity index (χ4n) is 3.34. The van der Waals surface area contributed by atoms with E-state index in [1.165, 1.54) is 6.07 Å². The SMILES string of the molecule is Cc1ccc(F)c(-c2cc(-c3coc4cnccc34)c3cccnc3n2)c1. The number of nitrogens with zero attached hydrogens (tertiary/aromatic N) is 3. The molecule has 0 saturated carbocycles. The molecule has 4 aromatic heterocycles. The summed E-state index contributed by atoms with van der Waals surface area (Å²) in [4.78, 5) is 13.1. The Labute approximate surface area is 154 Å². The van der Waals surface area contributed by atoms with E-state index in [9.17, 15) is 4.39 Å². The van der Waals surface area contributed by atoms with Crippen LogP contribution in [0.15, 0.2) is 71.7 Å². The van der Waals surface area contributed by atoms with Crippen molar-refractivity contribution in [1.29, 1.82) is 0 Å². The van der Waals surface area contributed by atoms with Crippen LogP contribution in [0, 0.1) is 12.7 Å². The van der Waals surface area contributed by atoms with Gasteiger partial charge in [0.1, 0.15) is 5.82 Å². The molecule has 0 N–H and O–H groups in total. The molecule has 0 fully saturated rings. The Balaban J connectivity index is 1.85. The van der Waals surface area contributed by atoms with Crippen LogP contribution in [0.4, 0.5) is 4.39 Å². The Morgan fingerprint density at radius 3 is 2.78 bits per heavy atom. The van der Waals surface area contributed by atoms with Crippen molar-refractivity contribution in [3.8, 4) is 22.4 Å². The maximum absolute atomic E-state index is 14.5. The molecule has 0 saturated heterocycles. The van der Waals surface area contributed by atoms with Gasteiger partial charge in [-0.15, -0.1) is 0 Å². The van der Waals surface area contributed by atoms with Gasteiger partial charge in [-0.3, -0.25) is 4.98 Å². The predicted molar refractivity (Wildman–Crippen MR) is 103 cm³/mol. The van der Waals surface area contributed by atoms with Gasteiger partial charge in [0.25, 0.3) is 0 Å². The second-order valence-corrected chi connectivity index (χ2v) is 6.43. The third kappa shape index (κ3) is 2.56. The smallest absolute Gasteiger partial charge is 0.160 e. The van der Waals surface area contributed by atoms with Gasteiger partial charge in [0.05, 0.1) is 18.2 Å². The van der Waals surface area contributed by atoms with E-state index in [1.54, 1.807) is 37.0 Å². The minimum atomic E-state index is -0.310. The fourth-order valence-corrected chi connectivity index (χ4v) is 3.34. The molecule has 5 heteroatoms. The van der Waals surface area contributed by atoms with Crippen molar-refractivity contribution < 1.29 is 8.81 Å². The van der Waals surface area contributed by atoms with Crippen LogP contribution in [0.3, 0.4) is 0 Å². The number of pyridine rings is 3. The van der Waals surface area contributed by atoms with Crippen LogP contribution in [0.25, 0.3) is 44.4 Å². The lowest BCUT2D eigenvalue weighted by atomic mass is 9.99. The minimum Gasteiger partial charge on any atom is -0.462 e. The molecule has 0 atom stereocenters. The van der Waals surface area contributed by atoms with E-state index in [2.05, 4.69) is 15.0 Å². The lowest BCUT2D eigenvalue weighted by molar-refractivity contribution is 0.615. The van der Waals surface area contributed by atoms with Crippen LogP contribution in [0.5, 0.6) is 0 Å². The maximum Gasteiger partial charge on any atom is 0.160 e. The molecule has 0 radical (unpaired) electrons. The molecule has 130 valence electrons. The van der Waals surface area contributed by atoms with Crippen molar-refractivity contribution in [1.82, 2.24) is 15.0 Å². The number of hydrogen-bond acceptors (Lipinski definition) is 4. The van der Waals surface area contributed by atoms with Crippen LogP contribution >= 0.6 is 0 Å². The molecule has 0 aliphatic heterocycles. The lowest BCUT2D eigenvalue weighted by Crippen LogP contribution is -1.94. The summed E-state index contributed by atoms with van der Waals surface area (Å²) in [6.45, 7) is 1.93. The maximum atomic E-state index is 14.5. The first kappa shape index (κ1) is 15.6. The highest BCUT2D eigenvalue weighted by molar-refractivity contribution is 6.03. The summed E-state index contributed by atoms with van der Waals surface area (Å²) in [5, 5.41) is 1.82. The highest BCUT2D eigenvalue weighted by atomic mass is 19.1. The number of hydrogen-bond donors (Lipinski definition) is 0. The molecule has 0 aliphatic rings. The third-order valence-corrected chi connectivity index (χ3v) is 4.65. The largest absolute Gasteiger partial charge is 0.462 e. The number of rotatable bonds is 2. The first-order valence-electron chi connectivity index (χ1n) is 8.54. The van der Waals surface area contributed by atoms with Crippen molar-refractivity contribution in [3.63, 3.8) is 0 Å². The van der Waals surface area contributed by atoms with Crippen LogP contribution in [0.1, 0.15) is 5.56 Å². The highest BCUT2D eigenvalue weighted by Gasteiger charge is 2.16. The number of furan rings is 1. The van der Waals surface area contributed by atoms with E-state index >= 15 is 0 Å². The molecule has 0 spiro atoms. The van der Waals surface area contributed by atoms with Gasteiger partial charge in [0, 0.05) is 34.3 Å². The molecule has 1 aromatic carbocycles. The minimum absolute atomic E-state index is 0.310. The molecular weight excluding hydrogens is 341 g/mol. The summed E-state index contributed by atoms with van der Waals surface area (Å²) in [5.74, 6) is -0.310. The number of benzene rings is 1. The van der Waals surface area contributed by atoms with Crippen molar-refractivity contribution in [3.05, 3.63) is 78.7 Å². The van der Waals surface area contributed by atoms with E-state index in [4.69, 9.17) is 4.42 Å². The molecule has 0 bridgehead atoms. The molecule has 5 aromatic rings. The Bertz CT molecular complexity index is 1310. The zero-order chi connectivity index (χ0) is 18.4. The molecule has 0 aliphatic carbocycles. The second-order valence-electron chi connectivity index (χ2n) is 6.43. The first-order chi connectivity index (χ1) is 13.2. The molecular formula is C22H14FN3O. The van der Waals surface area contributed by atoms with Crippen LogP contribution in [0.2, 0.25) is 0 Å². The molecule has 0 amide bonds. The quantitative estimate of drug-likeness (QED) is 0.416. The lowest BCUT2D eigenvalue weighted by Gasteiger charge is -2.10. The summed E-state index contributed by atoms with van der Waals surface area (Å²) >= 11 is 0. The summed E-state index contributed by atoms with van der Waals surface area (Å²) in [6, 6.07) is 12.6. The van der Waals surface area contributed by atoms with Gasteiger partial charge in [-0.05, 0) is 48.9 Å². The van der Waals surface area contributed by atoms with E-state index < -0.39 is 0 Å². The zero-order valence-electron chi connectivity index (χ0n) is 14.5. The monoisotopic (exact) mass is 355 g/mol. The molecule has 27 heavy (non-hydrogen) atoms. The average molecular weight is 355 g/mol. The molecule has 4 nitrogen and oxygen atoms in total. The Morgan fingerprint density at radius 1 is 0.926 bits per heavy atom. The van der Waals surface area contributed by atoms with E-state index in [0.717, 1.165) is 27.5 Å². The number of aryl methyl sites for hydroxylation is 1. The number of aromatic nitrogens is 3. The zero-order valence-corrected chi connectivity index (χ0v) is 14.5. The second kappa shape index (κ2) is 5.99. The summed E-state index contributed by atoms with van der Waals surface area (Å²) in [6.07, 6.45) is 6.79. The Hall–Kier alpha value is -3.60. The van der Waals surface area contributed by atoms with Crippen LogP contribution < -0.4 is 0 Å². The van der Waals surface area contributed by atoms with Crippen LogP contribution in [-0.2, 0) is 0 Å². The Morgan fingerprint density at radius 2 is 1.85 bits per heavy atom. The predicted octanol–water partition coefficient (Wildman–Crippen LogP) is 5.55. The topological polar surface area (TPSA) is 51.8 Å². The van der Waals surface area contributed by atoms with E-state index in [0.29, 0.717) is 22.5 Å². The van der Waals surface area contributed by atoms with Gasteiger partial charge < -0.3 is 4.42 Å². The first-order valence-corrected chi connectivity index (χ1v) is 8.54. The van der Waals surface area contributed by atoms with E-state index in [1.807, 2.05) is 31.2 Å². The molecule has 5 rings (SSSR count). The van der Waals surface area contributed by atoms with Crippen molar-refractivity contribution >= 4 is 22.0 Å². The average Bonchev–Trinajstić information content (AvgIpc) is 3.13. The number of halogens is 1. The van der Waals surface area contributed by atoms with Gasteiger partial charge in [-0.2, -0.15) is 0 Å². The summed E-state index contributed by atoms with van der Waals surface area (Å²) in [5.41, 5.74) is 5.03. The molecule has 0 unspecified atom stereocenters. The van der Waals surface area contributed by atoms with Crippen molar-refractivity contribution in [2.75, 3.05) is 0 Å². The fraction of sp³-hybridized carbons (Fsp3) is 0.0455. The van der Waals surface area contributed by atoms with Gasteiger partial charge in [0.15, 0.2) is 11.2 Å². The van der Waals surface area contributed by atoms with Gasteiger partial charge in [-0.25, -0.2) is 14.4 Å². The number of fused-ring (bicyclic) bond motifs is 2. The normalized spacial score (nSPS) is 11.3. The van der Waals surface area contributed by atoms with Gasteiger partial charge >= 0.3 is 0 Å². The van der Waals surface area contributed by atoms with E-state index in [-0.39, 0.29) is 5.82 Å². The third-order valence-electron chi connectivity index (χ3n) is 4.65. The van der Waals surface area contributed by atoms with Gasteiger partial charge in [0.2, 0.25) is 0 Å². The van der Waals surface area contributed by atoms with Crippen LogP contribution in [-0.4, -0.2) is 15.0 Å². The van der Waals surface area contributed by atoms with Crippen molar-refractivity contribution in [2.45, 2.75) is 6.92 Å². The summed E-state index contributed by atoms with van der Waals surface area (Å²) < 4.78 is 20.2. The standard InChI is InChI=1S/C22H14FN3O/c1-13-4-5-19(23)17(9-13)20-10-16(15-3-2-7-25-22(15)26-20)18-12-27-21-11-24-8-6-14(18)21/h2-12H,1H3. The molecule has 4 heterocycles. The highest BCUT2D eigenvalue weighted by Crippen LogP contribution is 2.36. The van der Waals surface area contributed by atoms with Crippen molar-refractivity contribution in [2.24, 2.45) is 0 Å². The van der Waals surface area contributed by atoms with Gasteiger partial charge in [-0.1, -0.05) is 11.6 Å².